The van der Waals surface area contributed by atoms with Gasteiger partial charge in [0, 0.05) is 22.6 Å². The van der Waals surface area contributed by atoms with Gasteiger partial charge in [-0.25, -0.2) is 0 Å². The first-order valence-corrected chi connectivity index (χ1v) is 7.79. The van der Waals surface area contributed by atoms with E-state index in [9.17, 15) is 9.90 Å². The predicted octanol–water partition coefficient (Wildman–Crippen LogP) is 3.75. The standard InChI is InChI=1S/C20H20O4/c1-12(21)13-4-6-14(7-5-13)15-8-9-16-17(23-2)10-11-18(24-3)19(16)20(15)22/h4-11,15,20,22H,1-3H3/t15-,20+/m1/s1. The van der Waals surface area contributed by atoms with Crippen molar-refractivity contribution in [1.82, 2.24) is 0 Å². The Morgan fingerprint density at radius 1 is 1.00 bits per heavy atom. The predicted molar refractivity (Wildman–Crippen MR) is 92.7 cm³/mol. The van der Waals surface area contributed by atoms with Crippen molar-refractivity contribution in [3.05, 3.63) is 64.7 Å². The molecule has 124 valence electrons. The van der Waals surface area contributed by atoms with Crippen LogP contribution in [0.15, 0.2) is 42.5 Å². The molecule has 3 rings (SSSR count). The molecule has 4 nitrogen and oxygen atoms in total. The van der Waals surface area contributed by atoms with Crippen molar-refractivity contribution in [3.8, 4) is 11.5 Å². The van der Waals surface area contributed by atoms with Crippen molar-refractivity contribution in [1.29, 1.82) is 0 Å². The molecule has 1 aliphatic carbocycles. The van der Waals surface area contributed by atoms with E-state index in [0.717, 1.165) is 16.7 Å². The minimum Gasteiger partial charge on any atom is -0.496 e. The molecular weight excluding hydrogens is 304 g/mol. The van der Waals surface area contributed by atoms with E-state index in [0.29, 0.717) is 17.1 Å². The molecule has 0 aliphatic heterocycles. The maximum Gasteiger partial charge on any atom is 0.159 e. The molecule has 4 heteroatoms. The number of benzene rings is 2. The summed E-state index contributed by atoms with van der Waals surface area (Å²) in [6, 6.07) is 11.0. The molecule has 0 bridgehead atoms. The summed E-state index contributed by atoms with van der Waals surface area (Å²) in [6.45, 7) is 1.54. The summed E-state index contributed by atoms with van der Waals surface area (Å²) in [7, 11) is 3.19. The van der Waals surface area contributed by atoms with Gasteiger partial charge in [-0.3, -0.25) is 4.79 Å². The smallest absolute Gasteiger partial charge is 0.159 e. The number of aliphatic hydroxyl groups excluding tert-OH is 1. The summed E-state index contributed by atoms with van der Waals surface area (Å²) >= 11 is 0. The van der Waals surface area contributed by atoms with Crippen LogP contribution in [0.4, 0.5) is 0 Å². The number of ether oxygens (including phenoxy) is 2. The Labute approximate surface area is 141 Å². The van der Waals surface area contributed by atoms with Crippen molar-refractivity contribution in [3.63, 3.8) is 0 Å². The third kappa shape index (κ3) is 2.69. The molecule has 2 aromatic carbocycles. The van der Waals surface area contributed by atoms with Gasteiger partial charge in [-0.15, -0.1) is 0 Å². The molecule has 0 amide bonds. The summed E-state index contributed by atoms with van der Waals surface area (Å²) in [4.78, 5) is 11.4. The number of carbonyl (C=O) groups is 1. The lowest BCUT2D eigenvalue weighted by Gasteiger charge is -2.28. The largest absolute Gasteiger partial charge is 0.496 e. The second kappa shape index (κ2) is 6.49. The fourth-order valence-corrected chi connectivity index (χ4v) is 3.15. The summed E-state index contributed by atoms with van der Waals surface area (Å²) in [5, 5.41) is 10.9. The van der Waals surface area contributed by atoms with Gasteiger partial charge < -0.3 is 14.6 Å². The number of rotatable bonds is 4. The second-order valence-electron chi connectivity index (χ2n) is 5.81. The van der Waals surface area contributed by atoms with Gasteiger partial charge in [-0.05, 0) is 24.6 Å². The first-order valence-electron chi connectivity index (χ1n) is 7.79. The molecule has 0 unspecified atom stereocenters. The zero-order valence-corrected chi connectivity index (χ0v) is 13.9. The highest BCUT2D eigenvalue weighted by Crippen LogP contribution is 2.45. The Balaban J connectivity index is 2.03. The maximum absolute atomic E-state index is 11.4. The molecule has 0 fully saturated rings. The van der Waals surface area contributed by atoms with E-state index in [4.69, 9.17) is 9.47 Å². The zero-order chi connectivity index (χ0) is 17.3. The van der Waals surface area contributed by atoms with E-state index in [1.807, 2.05) is 30.4 Å². The van der Waals surface area contributed by atoms with Gasteiger partial charge in [-0.1, -0.05) is 36.4 Å². The molecule has 1 N–H and O–H groups in total. The first kappa shape index (κ1) is 16.3. The van der Waals surface area contributed by atoms with Crippen LogP contribution in [0.2, 0.25) is 0 Å². The van der Waals surface area contributed by atoms with Gasteiger partial charge in [0.15, 0.2) is 5.78 Å². The van der Waals surface area contributed by atoms with Gasteiger partial charge in [0.2, 0.25) is 0 Å². The van der Waals surface area contributed by atoms with Crippen LogP contribution in [-0.2, 0) is 0 Å². The van der Waals surface area contributed by atoms with E-state index in [2.05, 4.69) is 0 Å². The highest BCUT2D eigenvalue weighted by atomic mass is 16.5. The van der Waals surface area contributed by atoms with Crippen LogP contribution in [-0.4, -0.2) is 25.1 Å². The van der Waals surface area contributed by atoms with Crippen LogP contribution in [0.1, 0.15) is 46.0 Å². The summed E-state index contributed by atoms with van der Waals surface area (Å²) in [5.41, 5.74) is 3.16. The number of Topliss-reactive ketones (excluding diaryl/α,β-unsaturated/α-hetero) is 1. The monoisotopic (exact) mass is 324 g/mol. The number of fused-ring (bicyclic) bond motifs is 1. The molecule has 0 saturated heterocycles. The molecule has 24 heavy (non-hydrogen) atoms. The third-order valence-corrected chi connectivity index (χ3v) is 4.46. The van der Waals surface area contributed by atoms with Crippen LogP contribution in [0.3, 0.4) is 0 Å². The summed E-state index contributed by atoms with van der Waals surface area (Å²) in [5.74, 6) is 1.15. The fourth-order valence-electron chi connectivity index (χ4n) is 3.15. The zero-order valence-electron chi connectivity index (χ0n) is 13.9. The van der Waals surface area contributed by atoms with Crippen LogP contribution in [0, 0.1) is 0 Å². The second-order valence-corrected chi connectivity index (χ2v) is 5.81. The van der Waals surface area contributed by atoms with Crippen molar-refractivity contribution in [2.45, 2.75) is 18.9 Å². The molecule has 1 aliphatic rings. The van der Waals surface area contributed by atoms with Crippen molar-refractivity contribution in [2.75, 3.05) is 14.2 Å². The number of methoxy groups -OCH3 is 2. The van der Waals surface area contributed by atoms with Crippen LogP contribution in [0.5, 0.6) is 11.5 Å². The quantitative estimate of drug-likeness (QED) is 0.870. The van der Waals surface area contributed by atoms with E-state index in [1.165, 1.54) is 6.92 Å². The number of hydrogen-bond acceptors (Lipinski definition) is 4. The molecule has 2 atom stereocenters. The molecule has 0 radical (unpaired) electrons. The van der Waals surface area contributed by atoms with Crippen LogP contribution < -0.4 is 9.47 Å². The summed E-state index contributed by atoms with van der Waals surface area (Å²) in [6.07, 6.45) is 3.16. The minimum absolute atomic E-state index is 0.0260. The molecule has 0 saturated carbocycles. The van der Waals surface area contributed by atoms with Gasteiger partial charge in [0.1, 0.15) is 11.5 Å². The topological polar surface area (TPSA) is 55.8 Å². The number of ketones is 1. The Hall–Kier alpha value is -2.59. The van der Waals surface area contributed by atoms with Gasteiger partial charge in [0.25, 0.3) is 0 Å². The SMILES string of the molecule is COc1ccc(OC)c2c1C=C[C@H](c1ccc(C(C)=O)cc1)[C@@H]2O. The highest BCUT2D eigenvalue weighted by Gasteiger charge is 2.30. The van der Waals surface area contributed by atoms with Gasteiger partial charge in [-0.2, -0.15) is 0 Å². The van der Waals surface area contributed by atoms with E-state index in [-0.39, 0.29) is 11.7 Å². The lowest BCUT2D eigenvalue weighted by Crippen LogP contribution is -2.15. The van der Waals surface area contributed by atoms with E-state index >= 15 is 0 Å². The maximum atomic E-state index is 11.4. The van der Waals surface area contributed by atoms with Gasteiger partial charge in [0.05, 0.1) is 20.3 Å². The van der Waals surface area contributed by atoms with Crippen LogP contribution >= 0.6 is 0 Å². The van der Waals surface area contributed by atoms with E-state index in [1.54, 1.807) is 32.4 Å². The molecule has 0 heterocycles. The van der Waals surface area contributed by atoms with Gasteiger partial charge >= 0.3 is 0 Å². The number of carbonyl (C=O) groups excluding carboxylic acids is 1. The molecule has 2 aromatic rings. The normalized spacial score (nSPS) is 18.8. The number of aliphatic hydroxyl groups is 1. The third-order valence-electron chi connectivity index (χ3n) is 4.46. The Morgan fingerprint density at radius 3 is 2.21 bits per heavy atom. The molecule has 0 aromatic heterocycles. The highest BCUT2D eigenvalue weighted by molar-refractivity contribution is 5.94. The van der Waals surface area contributed by atoms with E-state index < -0.39 is 6.10 Å². The minimum atomic E-state index is -0.752. The van der Waals surface area contributed by atoms with Crippen LogP contribution in [0.25, 0.3) is 6.08 Å². The Bertz CT molecular complexity index is 790. The Kier molecular flexibility index (Phi) is 4.40. The molecular formula is C20H20O4. The average molecular weight is 324 g/mol. The molecule has 0 spiro atoms. The van der Waals surface area contributed by atoms with Crippen molar-refractivity contribution >= 4 is 11.9 Å². The van der Waals surface area contributed by atoms with Crippen molar-refractivity contribution < 1.29 is 19.4 Å². The lowest BCUT2D eigenvalue weighted by atomic mass is 9.81. The Morgan fingerprint density at radius 2 is 1.62 bits per heavy atom. The average Bonchev–Trinajstić information content (AvgIpc) is 2.61. The first-order chi connectivity index (χ1) is 11.6. The lowest BCUT2D eigenvalue weighted by molar-refractivity contribution is 0.101. The van der Waals surface area contributed by atoms with Crippen molar-refractivity contribution in [2.24, 2.45) is 0 Å². The summed E-state index contributed by atoms with van der Waals surface area (Å²) < 4.78 is 10.8. The number of hydrogen-bond donors (Lipinski definition) is 1. The fraction of sp³-hybridized carbons (Fsp3) is 0.250.